The Morgan fingerprint density at radius 3 is 2.54 bits per heavy atom. The lowest BCUT2D eigenvalue weighted by molar-refractivity contribution is 0.0598. The molecule has 24 heavy (non-hydrogen) atoms. The molecule has 0 amide bonds. The van der Waals surface area contributed by atoms with Crippen LogP contribution in [-0.4, -0.2) is 30.6 Å². The predicted molar refractivity (Wildman–Crippen MR) is 92.7 cm³/mol. The van der Waals surface area contributed by atoms with E-state index >= 15 is 0 Å². The average molecular weight is 370 g/mol. The third-order valence-corrected chi connectivity index (χ3v) is 5.63. The summed E-state index contributed by atoms with van der Waals surface area (Å²) in [5, 5.41) is 11.4. The maximum Gasteiger partial charge on any atom is 0.142 e. The smallest absolute Gasteiger partial charge is 0.142 e. The molecule has 0 bridgehead atoms. The molecule has 1 aliphatic heterocycles. The van der Waals surface area contributed by atoms with E-state index in [9.17, 15) is 13.9 Å². The van der Waals surface area contributed by atoms with E-state index in [2.05, 4.69) is 0 Å². The summed E-state index contributed by atoms with van der Waals surface area (Å²) in [4.78, 5) is 3.21. The Balaban J connectivity index is 2.10. The number of hydrogen-bond acceptors (Lipinski definition) is 3. The van der Waals surface area contributed by atoms with Gasteiger partial charge in [0.25, 0.3) is 0 Å². The molecule has 1 heterocycles. The Bertz CT molecular complexity index is 784. The highest BCUT2D eigenvalue weighted by Gasteiger charge is 2.39. The molecule has 128 valence electrons. The molecule has 1 unspecified atom stereocenters. The predicted octanol–water partition coefficient (Wildman–Crippen LogP) is 4.66. The van der Waals surface area contributed by atoms with Crippen molar-refractivity contribution in [1.29, 1.82) is 0 Å². The molecule has 0 fully saturated rings. The SMILES string of the molecule is CN(C)CCCC1(O)c2ccc(F)cc2Sc2cc(F)c(Cl)cc21. The molecule has 6 heteroatoms. The molecule has 1 N–H and O–H groups in total. The summed E-state index contributed by atoms with van der Waals surface area (Å²) in [7, 11) is 3.93. The zero-order chi connectivity index (χ0) is 17.5. The van der Waals surface area contributed by atoms with E-state index in [-0.39, 0.29) is 10.8 Å². The fourth-order valence-electron chi connectivity index (χ4n) is 3.04. The van der Waals surface area contributed by atoms with Crippen LogP contribution in [0.4, 0.5) is 8.78 Å². The van der Waals surface area contributed by atoms with Gasteiger partial charge in [0.05, 0.1) is 5.02 Å². The molecule has 0 spiro atoms. The summed E-state index contributed by atoms with van der Waals surface area (Å²) in [6.07, 6.45) is 1.18. The molecule has 3 rings (SSSR count). The average Bonchev–Trinajstić information content (AvgIpc) is 2.49. The van der Waals surface area contributed by atoms with Gasteiger partial charge < -0.3 is 10.0 Å². The molecule has 0 saturated carbocycles. The molecule has 2 aromatic carbocycles. The van der Waals surface area contributed by atoms with E-state index in [0.717, 1.165) is 13.0 Å². The highest BCUT2D eigenvalue weighted by atomic mass is 35.5. The van der Waals surface area contributed by atoms with Gasteiger partial charge in [0.2, 0.25) is 0 Å². The van der Waals surface area contributed by atoms with Crippen molar-refractivity contribution in [2.45, 2.75) is 28.2 Å². The molecular weight excluding hydrogens is 352 g/mol. The van der Waals surface area contributed by atoms with Crippen LogP contribution >= 0.6 is 23.4 Å². The van der Waals surface area contributed by atoms with E-state index < -0.39 is 11.4 Å². The second kappa shape index (κ2) is 6.64. The Hall–Kier alpha value is -1.14. The van der Waals surface area contributed by atoms with Crippen molar-refractivity contribution >= 4 is 23.4 Å². The lowest BCUT2D eigenvalue weighted by atomic mass is 9.82. The van der Waals surface area contributed by atoms with E-state index in [4.69, 9.17) is 11.6 Å². The van der Waals surface area contributed by atoms with Gasteiger partial charge in [0.15, 0.2) is 0 Å². The van der Waals surface area contributed by atoms with Crippen molar-refractivity contribution in [3.63, 3.8) is 0 Å². The van der Waals surface area contributed by atoms with Gasteiger partial charge in [0, 0.05) is 20.9 Å². The van der Waals surface area contributed by atoms with Gasteiger partial charge in [-0.15, -0.1) is 0 Å². The van der Waals surface area contributed by atoms with Crippen molar-refractivity contribution in [2.24, 2.45) is 0 Å². The van der Waals surface area contributed by atoms with Crippen LogP contribution in [0.5, 0.6) is 0 Å². The van der Waals surface area contributed by atoms with Crippen LogP contribution in [-0.2, 0) is 5.60 Å². The normalized spacial score (nSPS) is 19.3. The quantitative estimate of drug-likeness (QED) is 0.847. The number of halogens is 3. The van der Waals surface area contributed by atoms with Crippen molar-refractivity contribution in [2.75, 3.05) is 20.6 Å². The summed E-state index contributed by atoms with van der Waals surface area (Å²) in [6.45, 7) is 0.802. The lowest BCUT2D eigenvalue weighted by Crippen LogP contribution is -2.32. The third-order valence-electron chi connectivity index (χ3n) is 4.22. The summed E-state index contributed by atoms with van der Waals surface area (Å²) in [6, 6.07) is 7.13. The molecule has 2 nitrogen and oxygen atoms in total. The second-order valence-electron chi connectivity index (χ2n) is 6.27. The van der Waals surface area contributed by atoms with Crippen LogP contribution in [0.2, 0.25) is 5.02 Å². The number of hydrogen-bond donors (Lipinski definition) is 1. The van der Waals surface area contributed by atoms with Gasteiger partial charge in [-0.3, -0.25) is 0 Å². The first-order valence-electron chi connectivity index (χ1n) is 7.66. The molecule has 0 aromatic heterocycles. The number of aliphatic hydroxyl groups is 1. The monoisotopic (exact) mass is 369 g/mol. The number of fused-ring (bicyclic) bond motifs is 2. The minimum Gasteiger partial charge on any atom is -0.380 e. The van der Waals surface area contributed by atoms with Crippen LogP contribution in [0, 0.1) is 11.6 Å². The molecule has 0 aliphatic carbocycles. The first kappa shape index (κ1) is 17.7. The largest absolute Gasteiger partial charge is 0.380 e. The van der Waals surface area contributed by atoms with Crippen LogP contribution in [0.15, 0.2) is 40.1 Å². The highest BCUT2D eigenvalue weighted by Crippen LogP contribution is 2.51. The Labute approximate surface area is 149 Å². The summed E-state index contributed by atoms with van der Waals surface area (Å²) < 4.78 is 27.5. The number of rotatable bonds is 4. The standard InChI is InChI=1S/C18H18ClF2NOS/c1-22(2)7-3-6-18(23)12-5-4-11(20)8-16(12)24-17-10-15(21)14(19)9-13(17)18/h4-5,8-10,23H,3,6-7H2,1-2H3. The Kier molecular flexibility index (Phi) is 4.89. The molecule has 1 aliphatic rings. The van der Waals surface area contributed by atoms with Crippen molar-refractivity contribution < 1.29 is 13.9 Å². The van der Waals surface area contributed by atoms with Crippen LogP contribution in [0.3, 0.4) is 0 Å². The van der Waals surface area contributed by atoms with Gasteiger partial charge in [0.1, 0.15) is 17.2 Å². The third kappa shape index (κ3) is 3.18. The van der Waals surface area contributed by atoms with Crippen molar-refractivity contribution in [1.82, 2.24) is 4.90 Å². The molecule has 2 aromatic rings. The van der Waals surface area contributed by atoms with E-state index in [1.54, 1.807) is 6.07 Å². The molecule has 0 saturated heterocycles. The zero-order valence-corrected chi connectivity index (χ0v) is 15.0. The number of benzene rings is 2. The van der Waals surface area contributed by atoms with Gasteiger partial charge in [-0.2, -0.15) is 0 Å². The van der Waals surface area contributed by atoms with Gasteiger partial charge in [-0.1, -0.05) is 29.4 Å². The lowest BCUT2D eigenvalue weighted by Gasteiger charge is -2.36. The summed E-state index contributed by atoms with van der Waals surface area (Å²) in [5.41, 5.74) is -0.0867. The topological polar surface area (TPSA) is 23.5 Å². The minimum atomic E-state index is -1.31. The van der Waals surface area contributed by atoms with Gasteiger partial charge in [-0.05, 0) is 57.7 Å². The maximum absolute atomic E-state index is 13.9. The van der Waals surface area contributed by atoms with Crippen LogP contribution in [0.25, 0.3) is 0 Å². The van der Waals surface area contributed by atoms with Crippen molar-refractivity contribution in [3.05, 3.63) is 58.1 Å². The fourth-order valence-corrected chi connectivity index (χ4v) is 4.46. The van der Waals surface area contributed by atoms with Crippen molar-refractivity contribution in [3.8, 4) is 0 Å². The minimum absolute atomic E-state index is 0.0223. The van der Waals surface area contributed by atoms with Crippen LogP contribution in [0.1, 0.15) is 24.0 Å². The Morgan fingerprint density at radius 2 is 1.83 bits per heavy atom. The molecule has 0 radical (unpaired) electrons. The molecule has 1 atom stereocenters. The maximum atomic E-state index is 13.9. The first-order valence-corrected chi connectivity index (χ1v) is 8.85. The Morgan fingerprint density at radius 1 is 1.12 bits per heavy atom. The highest BCUT2D eigenvalue weighted by molar-refractivity contribution is 7.99. The fraction of sp³-hybridized carbons (Fsp3) is 0.333. The first-order chi connectivity index (χ1) is 11.3. The van der Waals surface area contributed by atoms with Gasteiger partial charge in [-0.25, -0.2) is 8.78 Å². The van der Waals surface area contributed by atoms with Crippen LogP contribution < -0.4 is 0 Å². The summed E-state index contributed by atoms with van der Waals surface area (Å²) in [5.74, 6) is -0.923. The second-order valence-corrected chi connectivity index (χ2v) is 7.76. The number of nitrogens with zero attached hydrogens (tertiary/aromatic N) is 1. The van der Waals surface area contributed by atoms with E-state index in [0.29, 0.717) is 27.3 Å². The van der Waals surface area contributed by atoms with E-state index in [1.807, 2.05) is 19.0 Å². The van der Waals surface area contributed by atoms with Gasteiger partial charge >= 0.3 is 0 Å². The zero-order valence-electron chi connectivity index (χ0n) is 13.4. The molecular formula is C18H18ClF2NOS. The van der Waals surface area contributed by atoms with E-state index in [1.165, 1.54) is 36.0 Å². The summed E-state index contributed by atoms with van der Waals surface area (Å²) >= 11 is 7.20.